The van der Waals surface area contributed by atoms with Crippen molar-refractivity contribution in [2.75, 3.05) is 13.2 Å². The molecule has 1 unspecified atom stereocenters. The molecule has 20 heavy (non-hydrogen) atoms. The molecule has 2 aromatic rings. The maximum atomic E-state index is 10.3. The molecule has 1 aromatic heterocycles. The second kappa shape index (κ2) is 5.93. The molecule has 1 aliphatic heterocycles. The Bertz CT molecular complexity index is 629. The van der Waals surface area contributed by atoms with E-state index in [4.69, 9.17) is 21.1 Å². The van der Waals surface area contributed by atoms with Gasteiger partial charge in [0.1, 0.15) is 13.2 Å². The molecule has 1 atom stereocenters. The van der Waals surface area contributed by atoms with Crippen LogP contribution in [-0.4, -0.2) is 18.3 Å². The van der Waals surface area contributed by atoms with Crippen molar-refractivity contribution in [3.63, 3.8) is 0 Å². The first kappa shape index (κ1) is 14.2. The van der Waals surface area contributed by atoms with Crippen LogP contribution < -0.4 is 9.47 Å². The van der Waals surface area contributed by atoms with Gasteiger partial charge in [0.2, 0.25) is 0 Å². The van der Waals surface area contributed by atoms with Crippen LogP contribution in [0.2, 0.25) is 5.02 Å². The van der Waals surface area contributed by atoms with E-state index in [2.05, 4.69) is 15.9 Å². The van der Waals surface area contributed by atoms with E-state index >= 15 is 0 Å². The Hall–Kier alpha value is -0.750. The van der Waals surface area contributed by atoms with Crippen LogP contribution in [0.15, 0.2) is 28.1 Å². The molecule has 0 radical (unpaired) electrons. The number of halogens is 2. The largest absolute Gasteiger partial charge is 0.486 e. The first-order valence-electron chi connectivity index (χ1n) is 6.15. The van der Waals surface area contributed by atoms with Gasteiger partial charge in [0.05, 0.1) is 14.9 Å². The van der Waals surface area contributed by atoms with Gasteiger partial charge in [-0.25, -0.2) is 0 Å². The summed E-state index contributed by atoms with van der Waals surface area (Å²) in [5.74, 6) is 1.16. The summed E-state index contributed by atoms with van der Waals surface area (Å²) in [4.78, 5) is 1.11. The van der Waals surface area contributed by atoms with E-state index in [9.17, 15) is 5.11 Å². The van der Waals surface area contributed by atoms with Gasteiger partial charge in [-0.2, -0.15) is 0 Å². The third kappa shape index (κ3) is 2.96. The molecule has 3 rings (SSSR count). The zero-order chi connectivity index (χ0) is 14.1. The van der Waals surface area contributed by atoms with Crippen LogP contribution in [-0.2, 0) is 6.42 Å². The average Bonchev–Trinajstić information content (AvgIpc) is 2.84. The predicted molar refractivity (Wildman–Crippen MR) is 83.1 cm³/mol. The van der Waals surface area contributed by atoms with Crippen LogP contribution in [0.1, 0.15) is 16.5 Å². The van der Waals surface area contributed by atoms with Gasteiger partial charge in [-0.3, -0.25) is 0 Å². The molecule has 6 heteroatoms. The third-order valence-corrected chi connectivity index (χ3v) is 4.95. The molecule has 1 aliphatic rings. The predicted octanol–water partition coefficient (Wildman–Crippen LogP) is 4.21. The van der Waals surface area contributed by atoms with E-state index in [1.54, 1.807) is 23.5 Å². The van der Waals surface area contributed by atoms with Crippen LogP contribution in [0, 0.1) is 0 Å². The minimum atomic E-state index is -0.617. The maximum absolute atomic E-state index is 10.3. The van der Waals surface area contributed by atoms with Gasteiger partial charge in [-0.05, 0) is 45.8 Å². The summed E-state index contributed by atoms with van der Waals surface area (Å²) in [7, 11) is 0. The van der Waals surface area contributed by atoms with Gasteiger partial charge >= 0.3 is 0 Å². The molecule has 2 heterocycles. The van der Waals surface area contributed by atoms with E-state index in [0.29, 0.717) is 36.2 Å². The number of thiophene rings is 1. The summed E-state index contributed by atoms with van der Waals surface area (Å²) in [5.41, 5.74) is 0.740. The average molecular weight is 376 g/mol. The van der Waals surface area contributed by atoms with Gasteiger partial charge in [-0.15, -0.1) is 11.3 Å². The molecule has 0 spiro atoms. The number of hydrogen-bond acceptors (Lipinski definition) is 4. The summed E-state index contributed by atoms with van der Waals surface area (Å²) < 4.78 is 12.0. The van der Waals surface area contributed by atoms with E-state index < -0.39 is 6.10 Å². The minimum absolute atomic E-state index is 0.476. The Kier molecular flexibility index (Phi) is 4.21. The monoisotopic (exact) mass is 374 g/mol. The van der Waals surface area contributed by atoms with E-state index in [1.165, 1.54) is 0 Å². The lowest BCUT2D eigenvalue weighted by atomic mass is 10.0. The Morgan fingerprint density at radius 3 is 2.85 bits per heavy atom. The van der Waals surface area contributed by atoms with Crippen LogP contribution in [0.5, 0.6) is 11.5 Å². The van der Waals surface area contributed by atoms with Gasteiger partial charge in [0, 0.05) is 11.3 Å². The number of aliphatic hydroxyl groups is 1. The Labute approximate surface area is 134 Å². The number of ether oxygens (including phenoxy) is 2. The molecular weight excluding hydrogens is 364 g/mol. The molecule has 0 bridgehead atoms. The van der Waals surface area contributed by atoms with E-state index in [1.807, 2.05) is 12.1 Å². The number of benzene rings is 1. The van der Waals surface area contributed by atoms with Gasteiger partial charge in [0.15, 0.2) is 11.5 Å². The highest BCUT2D eigenvalue weighted by atomic mass is 79.9. The summed E-state index contributed by atoms with van der Waals surface area (Å²) in [6, 6.07) is 7.51. The van der Waals surface area contributed by atoms with Crippen LogP contribution in [0.4, 0.5) is 0 Å². The van der Waals surface area contributed by atoms with Crippen molar-refractivity contribution in [1.29, 1.82) is 0 Å². The van der Waals surface area contributed by atoms with E-state index in [-0.39, 0.29) is 0 Å². The number of fused-ring (bicyclic) bond motifs is 1. The molecule has 1 N–H and O–H groups in total. The molecule has 106 valence electrons. The fourth-order valence-corrected chi connectivity index (χ4v) is 3.89. The maximum Gasteiger partial charge on any atom is 0.179 e. The topological polar surface area (TPSA) is 38.7 Å². The summed E-state index contributed by atoms with van der Waals surface area (Å²) in [6.07, 6.45) is -0.0689. The zero-order valence-electron chi connectivity index (χ0n) is 10.4. The van der Waals surface area contributed by atoms with E-state index in [0.717, 1.165) is 14.2 Å². The minimum Gasteiger partial charge on any atom is -0.486 e. The van der Waals surface area contributed by atoms with Crippen molar-refractivity contribution < 1.29 is 14.6 Å². The van der Waals surface area contributed by atoms with Gasteiger partial charge < -0.3 is 14.6 Å². The lowest BCUT2D eigenvalue weighted by Gasteiger charge is -2.21. The Morgan fingerprint density at radius 2 is 2.10 bits per heavy atom. The standard InChI is InChI=1S/C14H12BrClO3S/c15-13-2-1-9(20-13)7-11(17)8-5-10(16)14-12(6-8)18-3-4-19-14/h1-2,5-6,11,17H,3-4,7H2. The normalized spacial score (nSPS) is 15.2. The summed E-state index contributed by atoms with van der Waals surface area (Å²) in [5, 5.41) is 10.8. The van der Waals surface area contributed by atoms with Crippen molar-refractivity contribution in [2.24, 2.45) is 0 Å². The van der Waals surface area contributed by atoms with Crippen LogP contribution in [0.3, 0.4) is 0 Å². The van der Waals surface area contributed by atoms with Gasteiger partial charge in [-0.1, -0.05) is 11.6 Å². The van der Waals surface area contributed by atoms with Crippen molar-refractivity contribution in [3.8, 4) is 11.5 Å². The van der Waals surface area contributed by atoms with Crippen LogP contribution in [0.25, 0.3) is 0 Å². The lowest BCUT2D eigenvalue weighted by molar-refractivity contribution is 0.165. The molecule has 0 saturated carbocycles. The summed E-state index contributed by atoms with van der Waals surface area (Å²) >= 11 is 11.2. The zero-order valence-corrected chi connectivity index (χ0v) is 13.6. The lowest BCUT2D eigenvalue weighted by Crippen LogP contribution is -2.16. The first-order chi connectivity index (χ1) is 9.63. The second-order valence-electron chi connectivity index (χ2n) is 4.45. The number of hydrogen-bond donors (Lipinski definition) is 1. The highest BCUT2D eigenvalue weighted by Crippen LogP contribution is 2.40. The third-order valence-electron chi connectivity index (χ3n) is 3.03. The highest BCUT2D eigenvalue weighted by molar-refractivity contribution is 9.11. The fraction of sp³-hybridized carbons (Fsp3) is 0.286. The SMILES string of the molecule is OC(Cc1ccc(Br)s1)c1cc(Cl)c2c(c1)OCCO2. The fourth-order valence-electron chi connectivity index (χ4n) is 2.09. The van der Waals surface area contributed by atoms with Crippen molar-refractivity contribution in [3.05, 3.63) is 43.5 Å². The van der Waals surface area contributed by atoms with Crippen molar-refractivity contribution >= 4 is 38.9 Å². The summed E-state index contributed by atoms with van der Waals surface area (Å²) in [6.45, 7) is 0.999. The second-order valence-corrected chi connectivity index (χ2v) is 7.41. The molecular formula is C14H12BrClO3S. The highest BCUT2D eigenvalue weighted by Gasteiger charge is 2.20. The number of rotatable bonds is 3. The van der Waals surface area contributed by atoms with Gasteiger partial charge in [0.25, 0.3) is 0 Å². The first-order valence-corrected chi connectivity index (χ1v) is 8.13. The van der Waals surface area contributed by atoms with Crippen molar-refractivity contribution in [1.82, 2.24) is 0 Å². The quantitative estimate of drug-likeness (QED) is 0.873. The molecule has 0 amide bonds. The Balaban J connectivity index is 1.84. The van der Waals surface area contributed by atoms with Crippen molar-refractivity contribution in [2.45, 2.75) is 12.5 Å². The molecule has 0 aliphatic carbocycles. The molecule has 3 nitrogen and oxygen atoms in total. The van der Waals surface area contributed by atoms with Crippen LogP contribution >= 0.6 is 38.9 Å². The molecule has 0 fully saturated rings. The smallest absolute Gasteiger partial charge is 0.179 e. The number of aliphatic hydroxyl groups excluding tert-OH is 1. The molecule has 0 saturated heterocycles. The Morgan fingerprint density at radius 1 is 1.30 bits per heavy atom. The molecule has 1 aromatic carbocycles.